The van der Waals surface area contributed by atoms with Crippen molar-refractivity contribution in [2.45, 2.75) is 37.4 Å². The zero-order valence-electron chi connectivity index (χ0n) is 17.3. The number of aliphatic carboxylic acids is 2. The van der Waals surface area contributed by atoms with Gasteiger partial charge in [0.15, 0.2) is 0 Å². The number of phenols is 1. The summed E-state index contributed by atoms with van der Waals surface area (Å²) in [6.07, 6.45) is -1.43. The average molecular weight is 467 g/mol. The second-order valence-corrected chi connectivity index (χ2v) is 6.98. The molecule has 0 fully saturated rings. The minimum atomic E-state index is -1.72. The molecule has 10 N–H and O–H groups in total. The van der Waals surface area contributed by atoms with Crippen molar-refractivity contribution in [3.8, 4) is 5.75 Å². The smallest absolute Gasteiger partial charge is 0.326 e. The molecule has 0 aromatic heterocycles. The maximum atomic E-state index is 12.4. The summed E-state index contributed by atoms with van der Waals surface area (Å²) in [7, 11) is 0. The van der Waals surface area contributed by atoms with Crippen LogP contribution in [-0.4, -0.2) is 75.6 Å². The molecule has 1 aromatic carbocycles. The van der Waals surface area contributed by atoms with Crippen LogP contribution in [-0.2, 0) is 35.2 Å². The zero-order chi connectivity index (χ0) is 25.1. The van der Waals surface area contributed by atoms with Gasteiger partial charge in [-0.3, -0.25) is 24.0 Å². The van der Waals surface area contributed by atoms with Crippen LogP contribution in [0, 0.1) is 0 Å². The monoisotopic (exact) mass is 467 g/mol. The van der Waals surface area contributed by atoms with E-state index in [1.807, 2.05) is 5.32 Å². The van der Waals surface area contributed by atoms with Crippen LogP contribution >= 0.6 is 0 Å². The van der Waals surface area contributed by atoms with Crippen LogP contribution in [0.4, 0.5) is 0 Å². The maximum Gasteiger partial charge on any atom is 0.326 e. The lowest BCUT2D eigenvalue weighted by molar-refractivity contribution is -0.147. The van der Waals surface area contributed by atoms with Gasteiger partial charge in [0.2, 0.25) is 23.6 Å². The van der Waals surface area contributed by atoms with Gasteiger partial charge < -0.3 is 42.7 Å². The maximum absolute atomic E-state index is 12.4. The van der Waals surface area contributed by atoms with Gasteiger partial charge >= 0.3 is 11.9 Å². The van der Waals surface area contributed by atoms with Gasteiger partial charge in [-0.2, -0.15) is 0 Å². The first kappa shape index (κ1) is 26.8. The molecule has 0 spiro atoms. The van der Waals surface area contributed by atoms with Gasteiger partial charge in [0.25, 0.3) is 0 Å². The molecule has 0 bridgehead atoms. The highest BCUT2D eigenvalue weighted by Crippen LogP contribution is 2.11. The van der Waals surface area contributed by atoms with Crippen LogP contribution in [0.5, 0.6) is 5.75 Å². The molecule has 1 aromatic rings. The van der Waals surface area contributed by atoms with Crippen molar-refractivity contribution in [2.75, 3.05) is 6.54 Å². The molecule has 0 aliphatic rings. The van der Waals surface area contributed by atoms with Crippen LogP contribution in [0.15, 0.2) is 24.3 Å². The number of carboxylic acids is 2. The van der Waals surface area contributed by atoms with E-state index in [4.69, 9.17) is 21.7 Å². The molecule has 180 valence electrons. The molecule has 0 aliphatic carbocycles. The van der Waals surface area contributed by atoms with Crippen LogP contribution in [0.2, 0.25) is 0 Å². The van der Waals surface area contributed by atoms with Crippen LogP contribution in [0.1, 0.15) is 18.4 Å². The molecule has 0 radical (unpaired) electrons. The number of nitrogens with two attached hydrogens (primary N) is 2. The minimum Gasteiger partial charge on any atom is -0.508 e. The molecule has 4 amide bonds. The van der Waals surface area contributed by atoms with E-state index in [0.29, 0.717) is 5.56 Å². The Hall–Kier alpha value is -4.20. The number of nitrogens with one attached hydrogen (secondary N) is 3. The van der Waals surface area contributed by atoms with Crippen molar-refractivity contribution in [2.24, 2.45) is 11.5 Å². The number of hydrogen-bond donors (Lipinski definition) is 8. The molecule has 14 heteroatoms. The number of phenolic OH excluding ortho intramolecular Hbond substituents is 1. The molecule has 1 rings (SSSR count). The Balaban J connectivity index is 2.69. The van der Waals surface area contributed by atoms with E-state index in [9.17, 15) is 33.9 Å². The summed E-state index contributed by atoms with van der Waals surface area (Å²) in [5, 5.41) is 33.2. The molecule has 3 unspecified atom stereocenters. The molecule has 0 saturated heterocycles. The molecule has 0 saturated carbocycles. The number of carboxylic acid groups (broad SMARTS) is 2. The number of hydrogen-bond acceptors (Lipinski definition) is 8. The van der Waals surface area contributed by atoms with Crippen molar-refractivity contribution < 1.29 is 44.1 Å². The Labute approximate surface area is 187 Å². The summed E-state index contributed by atoms with van der Waals surface area (Å²) in [6.45, 7) is -0.757. The van der Waals surface area contributed by atoms with E-state index < -0.39 is 73.1 Å². The van der Waals surface area contributed by atoms with E-state index in [-0.39, 0.29) is 12.2 Å². The summed E-state index contributed by atoms with van der Waals surface area (Å²) >= 11 is 0. The van der Waals surface area contributed by atoms with Crippen molar-refractivity contribution in [3.63, 3.8) is 0 Å². The Morgan fingerprint density at radius 2 is 1.48 bits per heavy atom. The highest BCUT2D eigenvalue weighted by atomic mass is 16.4. The van der Waals surface area contributed by atoms with Crippen molar-refractivity contribution in [3.05, 3.63) is 29.8 Å². The Morgan fingerprint density at radius 1 is 0.879 bits per heavy atom. The van der Waals surface area contributed by atoms with Gasteiger partial charge in [-0.1, -0.05) is 12.1 Å². The number of rotatable bonds is 13. The largest absolute Gasteiger partial charge is 0.508 e. The molecule has 14 nitrogen and oxygen atoms in total. The van der Waals surface area contributed by atoms with Gasteiger partial charge in [-0.15, -0.1) is 0 Å². The van der Waals surface area contributed by atoms with Gasteiger partial charge in [-0.05, 0) is 24.1 Å². The number of amides is 4. The van der Waals surface area contributed by atoms with Gasteiger partial charge in [-0.25, -0.2) is 4.79 Å². The number of aromatic hydroxyl groups is 1. The summed E-state index contributed by atoms with van der Waals surface area (Å²) in [4.78, 5) is 69.5. The average Bonchev–Trinajstić information content (AvgIpc) is 2.71. The highest BCUT2D eigenvalue weighted by Gasteiger charge is 2.27. The number of carbonyl (C=O) groups is 6. The third-order valence-electron chi connectivity index (χ3n) is 4.20. The molecule has 33 heavy (non-hydrogen) atoms. The second kappa shape index (κ2) is 12.6. The first-order chi connectivity index (χ1) is 15.4. The molecule has 0 heterocycles. The number of primary amides is 1. The van der Waals surface area contributed by atoms with Crippen molar-refractivity contribution in [1.29, 1.82) is 0 Å². The fraction of sp³-hybridized carbons (Fsp3) is 0.368. The first-order valence-electron chi connectivity index (χ1n) is 9.52. The molecular formula is C19H25N5O9. The quantitative estimate of drug-likeness (QED) is 0.144. The Bertz CT molecular complexity index is 903. The molecular weight excluding hydrogens is 442 g/mol. The third kappa shape index (κ3) is 10.1. The topological polar surface area (TPSA) is 251 Å². The van der Waals surface area contributed by atoms with Gasteiger partial charge in [0.05, 0.1) is 25.4 Å². The summed E-state index contributed by atoms with van der Waals surface area (Å²) < 4.78 is 0. The van der Waals surface area contributed by atoms with E-state index in [2.05, 4.69) is 10.6 Å². The standard InChI is InChI=1S/C19H25N5O9/c20-11(5-9-1-3-10(25)4-2-9)17(30)24-12(6-14(21)26)18(31)22-8-15(27)23-13(19(32)33)7-16(28)29/h1-4,11-13,25H,5-8,20H2,(H2,21,26)(H,22,31)(H,23,27)(H,24,30)(H,28,29)(H,32,33). The predicted molar refractivity (Wildman–Crippen MR) is 110 cm³/mol. The summed E-state index contributed by atoms with van der Waals surface area (Å²) in [6, 6.07) is 1.59. The van der Waals surface area contributed by atoms with Crippen LogP contribution < -0.4 is 27.4 Å². The van der Waals surface area contributed by atoms with E-state index in [0.717, 1.165) is 0 Å². The molecule has 3 atom stereocenters. The second-order valence-electron chi connectivity index (χ2n) is 6.98. The van der Waals surface area contributed by atoms with Gasteiger partial charge in [0, 0.05) is 0 Å². The van der Waals surface area contributed by atoms with Crippen LogP contribution in [0.3, 0.4) is 0 Å². The predicted octanol–water partition coefficient (Wildman–Crippen LogP) is -3.22. The van der Waals surface area contributed by atoms with E-state index in [1.54, 1.807) is 12.1 Å². The Morgan fingerprint density at radius 3 is 2.00 bits per heavy atom. The van der Waals surface area contributed by atoms with E-state index in [1.165, 1.54) is 12.1 Å². The zero-order valence-corrected chi connectivity index (χ0v) is 17.3. The highest BCUT2D eigenvalue weighted by molar-refractivity contribution is 5.95. The SMILES string of the molecule is NC(=O)CC(NC(=O)C(N)Cc1ccc(O)cc1)C(=O)NCC(=O)NC(CC(=O)O)C(=O)O. The fourth-order valence-corrected chi connectivity index (χ4v) is 2.58. The fourth-order valence-electron chi connectivity index (χ4n) is 2.58. The lowest BCUT2D eigenvalue weighted by atomic mass is 10.0. The number of benzene rings is 1. The van der Waals surface area contributed by atoms with E-state index >= 15 is 0 Å². The summed E-state index contributed by atoms with van der Waals surface area (Å²) in [5.74, 6) is -6.72. The van der Waals surface area contributed by atoms with Crippen LogP contribution in [0.25, 0.3) is 0 Å². The Kier molecular flexibility index (Phi) is 10.3. The van der Waals surface area contributed by atoms with Crippen molar-refractivity contribution >= 4 is 35.6 Å². The first-order valence-corrected chi connectivity index (χ1v) is 9.52. The lowest BCUT2D eigenvalue weighted by Gasteiger charge is -2.20. The minimum absolute atomic E-state index is 0.0247. The normalized spacial score (nSPS) is 13.1. The lowest BCUT2D eigenvalue weighted by Crippen LogP contribution is -2.54. The molecule has 0 aliphatic heterocycles. The van der Waals surface area contributed by atoms with Crippen molar-refractivity contribution in [1.82, 2.24) is 16.0 Å². The third-order valence-corrected chi connectivity index (χ3v) is 4.20. The number of carbonyl (C=O) groups excluding carboxylic acids is 4. The van der Waals surface area contributed by atoms with Gasteiger partial charge in [0.1, 0.15) is 17.8 Å². The summed E-state index contributed by atoms with van der Waals surface area (Å²) in [5.41, 5.74) is 11.5.